The van der Waals surface area contributed by atoms with Crippen molar-refractivity contribution in [2.75, 3.05) is 13.1 Å². The lowest BCUT2D eigenvalue weighted by Gasteiger charge is -2.16. The van der Waals surface area contributed by atoms with Crippen LogP contribution in [0.3, 0.4) is 0 Å². The third-order valence-corrected chi connectivity index (χ3v) is 5.25. The molecule has 1 heterocycles. The maximum Gasteiger partial charge on any atom is 0.0234 e. The predicted molar refractivity (Wildman–Crippen MR) is 110 cm³/mol. The molecule has 4 rings (SSSR count). The van der Waals surface area contributed by atoms with Gasteiger partial charge < -0.3 is 0 Å². The zero-order valence-electron chi connectivity index (χ0n) is 15.0. The van der Waals surface area contributed by atoms with Crippen LogP contribution >= 0.6 is 0 Å². The quantitative estimate of drug-likeness (QED) is 0.583. The van der Waals surface area contributed by atoms with Crippen molar-refractivity contribution < 1.29 is 0 Å². The highest BCUT2D eigenvalue weighted by Crippen LogP contribution is 2.34. The van der Waals surface area contributed by atoms with Crippen LogP contribution in [0.2, 0.25) is 0 Å². The molecule has 1 heteroatoms. The van der Waals surface area contributed by atoms with Gasteiger partial charge in [0.2, 0.25) is 0 Å². The van der Waals surface area contributed by atoms with Crippen LogP contribution in [0, 0.1) is 5.92 Å². The van der Waals surface area contributed by atoms with Crippen molar-refractivity contribution in [3.63, 3.8) is 0 Å². The molecule has 0 saturated carbocycles. The van der Waals surface area contributed by atoms with E-state index in [4.69, 9.17) is 0 Å². The monoisotopic (exact) mass is 339 g/mol. The zero-order chi connectivity index (χ0) is 17.6. The van der Waals surface area contributed by atoms with Gasteiger partial charge in [0.1, 0.15) is 0 Å². The summed E-state index contributed by atoms with van der Waals surface area (Å²) >= 11 is 0. The van der Waals surface area contributed by atoms with E-state index in [1.54, 1.807) is 0 Å². The minimum Gasteiger partial charge on any atom is -0.298 e. The second kappa shape index (κ2) is 8.16. The van der Waals surface area contributed by atoms with Crippen molar-refractivity contribution >= 4 is 6.08 Å². The van der Waals surface area contributed by atoms with E-state index in [-0.39, 0.29) is 0 Å². The Morgan fingerprint density at radius 1 is 0.731 bits per heavy atom. The molecule has 1 aliphatic rings. The van der Waals surface area contributed by atoms with Crippen LogP contribution in [0.1, 0.15) is 22.6 Å². The van der Waals surface area contributed by atoms with Crippen LogP contribution in [-0.4, -0.2) is 18.0 Å². The van der Waals surface area contributed by atoms with Crippen LogP contribution in [0.25, 0.3) is 6.08 Å². The van der Waals surface area contributed by atoms with Crippen LogP contribution in [0.15, 0.2) is 97.1 Å². The van der Waals surface area contributed by atoms with Crippen molar-refractivity contribution in [1.82, 2.24) is 4.90 Å². The molecule has 0 bridgehead atoms. The highest BCUT2D eigenvalue weighted by atomic mass is 15.1. The molecule has 1 aliphatic heterocycles. The van der Waals surface area contributed by atoms with Crippen molar-refractivity contribution in [1.29, 1.82) is 0 Å². The van der Waals surface area contributed by atoms with Crippen molar-refractivity contribution in [2.45, 2.75) is 12.5 Å². The molecule has 0 spiro atoms. The van der Waals surface area contributed by atoms with Gasteiger partial charge >= 0.3 is 0 Å². The highest BCUT2D eigenvalue weighted by molar-refractivity contribution is 5.49. The lowest BCUT2D eigenvalue weighted by molar-refractivity contribution is 0.322. The van der Waals surface area contributed by atoms with E-state index < -0.39 is 0 Å². The Kier molecular flexibility index (Phi) is 5.27. The van der Waals surface area contributed by atoms with Crippen LogP contribution < -0.4 is 0 Å². The molecular formula is C25H25N. The molecule has 1 nitrogen and oxygen atoms in total. The van der Waals surface area contributed by atoms with Gasteiger partial charge in [-0.3, -0.25) is 4.90 Å². The van der Waals surface area contributed by atoms with Gasteiger partial charge in [-0.25, -0.2) is 0 Å². The van der Waals surface area contributed by atoms with E-state index in [1.807, 2.05) is 0 Å². The third-order valence-electron chi connectivity index (χ3n) is 5.25. The number of nitrogens with zero attached hydrogens (tertiary/aromatic N) is 1. The SMILES string of the molecule is C(=C\C1CN(Cc2ccccc2)CC1c1ccccc1)/c1ccccc1. The maximum atomic E-state index is 2.59. The Bertz CT molecular complexity index is 824. The minimum absolute atomic E-state index is 0.543. The highest BCUT2D eigenvalue weighted by Gasteiger charge is 2.31. The second-order valence-electron chi connectivity index (χ2n) is 7.13. The molecule has 130 valence electrons. The summed E-state index contributed by atoms with van der Waals surface area (Å²) in [6.07, 6.45) is 4.70. The summed E-state index contributed by atoms with van der Waals surface area (Å²) in [5.41, 5.74) is 4.12. The lowest BCUT2D eigenvalue weighted by atomic mass is 9.88. The first-order valence-electron chi connectivity index (χ1n) is 9.43. The van der Waals surface area contributed by atoms with Gasteiger partial charge in [0.25, 0.3) is 0 Å². The Hall–Kier alpha value is -2.64. The smallest absolute Gasteiger partial charge is 0.0234 e. The third kappa shape index (κ3) is 4.12. The van der Waals surface area contributed by atoms with Gasteiger partial charge in [-0.1, -0.05) is 103 Å². The van der Waals surface area contributed by atoms with Crippen LogP contribution in [0.4, 0.5) is 0 Å². The molecule has 0 amide bonds. The Balaban J connectivity index is 1.54. The summed E-state index contributed by atoms with van der Waals surface area (Å²) in [7, 11) is 0. The molecular weight excluding hydrogens is 314 g/mol. The first-order chi connectivity index (χ1) is 12.9. The average molecular weight is 339 g/mol. The van der Waals surface area contributed by atoms with Gasteiger partial charge in [0.05, 0.1) is 0 Å². The van der Waals surface area contributed by atoms with E-state index in [0.717, 1.165) is 19.6 Å². The van der Waals surface area contributed by atoms with Gasteiger partial charge in [0.15, 0.2) is 0 Å². The fourth-order valence-electron chi connectivity index (χ4n) is 3.93. The standard InChI is InChI=1S/C25H25N/c1-4-10-21(11-5-1)16-17-24-19-26(18-22-12-6-2-7-13-22)20-25(24)23-14-8-3-9-15-23/h1-17,24-25H,18-20H2/b17-16+. The summed E-state index contributed by atoms with van der Waals surface area (Å²) < 4.78 is 0. The van der Waals surface area contributed by atoms with Gasteiger partial charge in [-0.15, -0.1) is 0 Å². The summed E-state index contributed by atoms with van der Waals surface area (Å²) in [6, 6.07) is 32.4. The van der Waals surface area contributed by atoms with Gasteiger partial charge in [0, 0.05) is 25.6 Å². The van der Waals surface area contributed by atoms with Crippen molar-refractivity contribution in [3.8, 4) is 0 Å². The Morgan fingerprint density at radius 3 is 2.04 bits per heavy atom. The minimum atomic E-state index is 0.543. The van der Waals surface area contributed by atoms with Gasteiger partial charge in [-0.2, -0.15) is 0 Å². The van der Waals surface area contributed by atoms with Crippen molar-refractivity contribution in [3.05, 3.63) is 114 Å². The fourth-order valence-corrected chi connectivity index (χ4v) is 3.93. The first-order valence-corrected chi connectivity index (χ1v) is 9.43. The van der Waals surface area contributed by atoms with Crippen LogP contribution in [-0.2, 0) is 6.54 Å². The van der Waals surface area contributed by atoms with Crippen LogP contribution in [0.5, 0.6) is 0 Å². The topological polar surface area (TPSA) is 3.24 Å². The number of likely N-dealkylation sites (tertiary alicyclic amines) is 1. The lowest BCUT2D eigenvalue weighted by Crippen LogP contribution is -2.20. The largest absolute Gasteiger partial charge is 0.298 e. The average Bonchev–Trinajstić information content (AvgIpc) is 3.11. The molecule has 0 aliphatic carbocycles. The Labute approximate surface area is 156 Å². The summed E-state index contributed by atoms with van der Waals surface area (Å²) in [5.74, 6) is 1.10. The number of benzene rings is 3. The fraction of sp³-hybridized carbons (Fsp3) is 0.200. The molecule has 1 saturated heterocycles. The molecule has 3 aromatic carbocycles. The molecule has 0 radical (unpaired) electrons. The predicted octanol–water partition coefficient (Wildman–Crippen LogP) is 5.62. The molecule has 2 atom stereocenters. The van der Waals surface area contributed by atoms with Gasteiger partial charge in [-0.05, 0) is 22.6 Å². The summed E-state index contributed by atoms with van der Waals surface area (Å²) in [6.45, 7) is 3.25. The van der Waals surface area contributed by atoms with E-state index in [9.17, 15) is 0 Å². The first kappa shape index (κ1) is 16.8. The van der Waals surface area contributed by atoms with Crippen molar-refractivity contribution in [2.24, 2.45) is 5.92 Å². The number of hydrogen-bond acceptors (Lipinski definition) is 1. The van der Waals surface area contributed by atoms with E-state index in [0.29, 0.717) is 11.8 Å². The Morgan fingerprint density at radius 2 is 1.35 bits per heavy atom. The molecule has 1 fully saturated rings. The number of hydrogen-bond donors (Lipinski definition) is 0. The van der Waals surface area contributed by atoms with E-state index in [1.165, 1.54) is 16.7 Å². The molecule has 2 unspecified atom stereocenters. The molecule has 26 heavy (non-hydrogen) atoms. The molecule has 0 aromatic heterocycles. The zero-order valence-corrected chi connectivity index (χ0v) is 15.0. The van der Waals surface area contributed by atoms with E-state index in [2.05, 4.69) is 108 Å². The normalized spacial score (nSPS) is 20.6. The second-order valence-corrected chi connectivity index (χ2v) is 7.13. The summed E-state index contributed by atoms with van der Waals surface area (Å²) in [5, 5.41) is 0. The number of rotatable bonds is 5. The molecule has 0 N–H and O–H groups in total. The summed E-state index contributed by atoms with van der Waals surface area (Å²) in [4.78, 5) is 2.59. The molecule has 3 aromatic rings. The maximum absolute atomic E-state index is 2.59. The van der Waals surface area contributed by atoms with E-state index >= 15 is 0 Å².